The Kier molecular flexibility index (Phi) is 7.46. The second kappa shape index (κ2) is 10.7. The predicted molar refractivity (Wildman–Crippen MR) is 132 cm³/mol. The maximum atomic E-state index is 12.7. The smallest absolute Gasteiger partial charge is 0.407 e. The maximum Gasteiger partial charge on any atom is 0.407 e. The molecule has 1 aliphatic rings. The van der Waals surface area contributed by atoms with E-state index < -0.39 is 6.09 Å². The lowest BCUT2D eigenvalue weighted by Crippen LogP contribution is -2.33. The number of thiophene rings is 1. The van der Waals surface area contributed by atoms with Gasteiger partial charge in [-0.1, -0.05) is 13.0 Å². The Labute approximate surface area is 207 Å². The van der Waals surface area contributed by atoms with Gasteiger partial charge in [0.15, 0.2) is 0 Å². The Morgan fingerprint density at radius 2 is 2.20 bits per heavy atom. The van der Waals surface area contributed by atoms with E-state index in [4.69, 9.17) is 4.74 Å². The number of hydrogen-bond donors (Lipinski definition) is 3. The van der Waals surface area contributed by atoms with Crippen LogP contribution in [0.5, 0.6) is 0 Å². The molecule has 3 unspecified atom stereocenters. The third kappa shape index (κ3) is 5.69. The minimum atomic E-state index is -0.485. The first-order valence-corrected chi connectivity index (χ1v) is 12.4. The summed E-state index contributed by atoms with van der Waals surface area (Å²) in [6, 6.07) is 5.82. The number of ether oxygens (including phenoxy) is 1. The topological polar surface area (TPSA) is 133 Å². The molecule has 3 atom stereocenters. The molecule has 3 heterocycles. The van der Waals surface area contributed by atoms with Crippen LogP contribution < -0.4 is 10.6 Å². The minimum Gasteiger partial charge on any atom is -0.446 e. The second-order valence-corrected chi connectivity index (χ2v) is 9.95. The Morgan fingerprint density at radius 3 is 2.89 bits per heavy atom. The number of hydrogen-bond acceptors (Lipinski definition) is 7. The van der Waals surface area contributed by atoms with E-state index in [9.17, 15) is 14.9 Å². The molecule has 35 heavy (non-hydrogen) atoms. The van der Waals surface area contributed by atoms with Crippen LogP contribution in [-0.4, -0.2) is 33.3 Å². The fourth-order valence-electron chi connectivity index (χ4n) is 4.34. The van der Waals surface area contributed by atoms with Gasteiger partial charge in [0.2, 0.25) is 5.91 Å². The number of pyridine rings is 1. The summed E-state index contributed by atoms with van der Waals surface area (Å²) < 4.78 is 5.67. The number of aryl methyl sites for hydroxylation is 1. The third-order valence-electron chi connectivity index (χ3n) is 6.27. The van der Waals surface area contributed by atoms with Gasteiger partial charge in [-0.2, -0.15) is 10.4 Å². The molecule has 0 aliphatic heterocycles. The molecular formula is C25H28N6O3S. The summed E-state index contributed by atoms with van der Waals surface area (Å²) in [5.41, 5.74) is 4.24. The number of fused-ring (bicyclic) bond motifs is 1. The van der Waals surface area contributed by atoms with Crippen LogP contribution in [-0.2, 0) is 22.4 Å². The Balaban J connectivity index is 1.36. The number of nitrogens with zero attached hydrogens (tertiary/aromatic N) is 3. The fraction of sp³-hybridized carbons (Fsp3) is 0.400. The number of carbonyl (C=O) groups excluding carboxylic acids is 2. The number of amides is 2. The van der Waals surface area contributed by atoms with Gasteiger partial charge in [-0.25, -0.2) is 4.79 Å². The molecule has 3 N–H and O–H groups in total. The average molecular weight is 493 g/mol. The SMILES string of the molecule is Cc1[nH]ncc1C(C)NC(=O)OC1CCc2c(sc(NC(=O)CC(C)c3cccnc3)c2C#N)C1. The summed E-state index contributed by atoms with van der Waals surface area (Å²) in [6.45, 7) is 5.75. The molecule has 2 amide bonds. The Hall–Kier alpha value is -3.71. The number of nitrogens with one attached hydrogen (secondary N) is 3. The molecular weight excluding hydrogens is 464 g/mol. The molecule has 1 aliphatic carbocycles. The third-order valence-corrected chi connectivity index (χ3v) is 7.44. The van der Waals surface area contributed by atoms with Crippen molar-refractivity contribution in [3.8, 4) is 6.07 Å². The number of nitriles is 1. The van der Waals surface area contributed by atoms with Crippen LogP contribution in [0.2, 0.25) is 0 Å². The molecule has 0 saturated heterocycles. The van der Waals surface area contributed by atoms with Crippen LogP contribution in [0.15, 0.2) is 30.7 Å². The van der Waals surface area contributed by atoms with E-state index in [-0.39, 0.29) is 24.0 Å². The van der Waals surface area contributed by atoms with Crippen LogP contribution in [0, 0.1) is 18.3 Å². The van der Waals surface area contributed by atoms with Crippen molar-refractivity contribution in [2.24, 2.45) is 0 Å². The van der Waals surface area contributed by atoms with Crippen molar-refractivity contribution < 1.29 is 14.3 Å². The first-order chi connectivity index (χ1) is 16.9. The van der Waals surface area contributed by atoms with Crippen molar-refractivity contribution in [2.45, 2.75) is 64.5 Å². The summed E-state index contributed by atoms with van der Waals surface area (Å²) in [6.07, 6.45) is 6.42. The molecule has 10 heteroatoms. The number of aromatic amines is 1. The summed E-state index contributed by atoms with van der Waals surface area (Å²) in [5, 5.41) is 22.9. The van der Waals surface area contributed by atoms with Crippen LogP contribution in [0.1, 0.15) is 71.5 Å². The molecule has 0 aromatic carbocycles. The van der Waals surface area contributed by atoms with Gasteiger partial charge >= 0.3 is 6.09 Å². The van der Waals surface area contributed by atoms with Crippen LogP contribution in [0.3, 0.4) is 0 Å². The average Bonchev–Trinajstić information content (AvgIpc) is 3.41. The van der Waals surface area contributed by atoms with Crippen LogP contribution >= 0.6 is 11.3 Å². The van der Waals surface area contributed by atoms with Crippen molar-refractivity contribution in [1.29, 1.82) is 5.26 Å². The van der Waals surface area contributed by atoms with Crippen LogP contribution in [0.4, 0.5) is 9.80 Å². The molecule has 0 fully saturated rings. The molecule has 182 valence electrons. The van der Waals surface area contributed by atoms with E-state index in [2.05, 4.69) is 31.9 Å². The van der Waals surface area contributed by atoms with Gasteiger partial charge in [-0.15, -0.1) is 11.3 Å². The normalized spacial score (nSPS) is 16.5. The highest BCUT2D eigenvalue weighted by atomic mass is 32.1. The Bertz CT molecular complexity index is 1250. The van der Waals surface area contributed by atoms with Gasteiger partial charge in [0.05, 0.1) is 17.8 Å². The van der Waals surface area contributed by atoms with E-state index in [1.807, 2.05) is 32.9 Å². The predicted octanol–water partition coefficient (Wildman–Crippen LogP) is 4.52. The molecule has 4 rings (SSSR count). The number of H-pyrrole nitrogens is 1. The molecule has 0 bridgehead atoms. The van der Waals surface area contributed by atoms with E-state index >= 15 is 0 Å². The number of anilines is 1. The van der Waals surface area contributed by atoms with Crippen molar-refractivity contribution >= 4 is 28.3 Å². The lowest BCUT2D eigenvalue weighted by atomic mass is 9.93. The number of alkyl carbamates (subject to hydrolysis) is 1. The standard InChI is InChI=1S/C25H28N6O3S/c1-14(17-5-4-8-27-12-17)9-23(32)30-24-20(11-26)19-7-6-18(10-22(19)35-24)34-25(33)29-15(2)21-13-28-31-16(21)3/h4-5,8,12-15,18H,6-7,9-10H2,1-3H3,(H,28,31)(H,29,33)(H,30,32). The molecule has 3 aromatic rings. The highest BCUT2D eigenvalue weighted by Crippen LogP contribution is 2.38. The summed E-state index contributed by atoms with van der Waals surface area (Å²) in [4.78, 5) is 30.2. The van der Waals surface area contributed by atoms with Crippen LogP contribution in [0.25, 0.3) is 0 Å². The van der Waals surface area contributed by atoms with Crippen molar-refractivity contribution in [1.82, 2.24) is 20.5 Å². The summed E-state index contributed by atoms with van der Waals surface area (Å²) in [7, 11) is 0. The largest absolute Gasteiger partial charge is 0.446 e. The molecule has 0 radical (unpaired) electrons. The molecule has 0 saturated carbocycles. The maximum absolute atomic E-state index is 12.7. The number of carbonyl (C=O) groups is 2. The molecule has 3 aromatic heterocycles. The van der Waals surface area contributed by atoms with Gasteiger partial charge in [0.1, 0.15) is 17.2 Å². The van der Waals surface area contributed by atoms with Gasteiger partial charge in [-0.05, 0) is 49.8 Å². The zero-order chi connectivity index (χ0) is 24.9. The van der Waals surface area contributed by atoms with Gasteiger partial charge in [0.25, 0.3) is 0 Å². The zero-order valence-corrected chi connectivity index (χ0v) is 20.7. The van der Waals surface area contributed by atoms with Crippen molar-refractivity contribution in [3.63, 3.8) is 0 Å². The molecule has 0 spiro atoms. The monoisotopic (exact) mass is 492 g/mol. The lowest BCUT2D eigenvalue weighted by Gasteiger charge is -2.23. The summed E-state index contributed by atoms with van der Waals surface area (Å²) >= 11 is 1.39. The first-order valence-electron chi connectivity index (χ1n) is 11.6. The minimum absolute atomic E-state index is 0.00773. The van der Waals surface area contributed by atoms with E-state index in [1.165, 1.54) is 11.3 Å². The van der Waals surface area contributed by atoms with Crippen molar-refractivity contribution in [3.05, 3.63) is 63.5 Å². The lowest BCUT2D eigenvalue weighted by molar-refractivity contribution is -0.116. The fourth-order valence-corrected chi connectivity index (χ4v) is 5.62. The molecule has 9 nitrogen and oxygen atoms in total. The summed E-state index contributed by atoms with van der Waals surface area (Å²) in [5.74, 6) is -0.138. The van der Waals surface area contributed by atoms with Gasteiger partial charge in [0, 0.05) is 41.4 Å². The first kappa shape index (κ1) is 24.4. The van der Waals surface area contributed by atoms with Gasteiger partial charge < -0.3 is 15.4 Å². The highest BCUT2D eigenvalue weighted by Gasteiger charge is 2.29. The highest BCUT2D eigenvalue weighted by molar-refractivity contribution is 7.16. The van der Waals surface area contributed by atoms with E-state index in [0.717, 1.165) is 27.3 Å². The zero-order valence-electron chi connectivity index (χ0n) is 19.9. The van der Waals surface area contributed by atoms with E-state index in [1.54, 1.807) is 18.6 Å². The quantitative estimate of drug-likeness (QED) is 0.444. The Morgan fingerprint density at radius 1 is 1.37 bits per heavy atom. The number of aromatic nitrogens is 3. The number of rotatable bonds is 7. The second-order valence-electron chi connectivity index (χ2n) is 8.85. The van der Waals surface area contributed by atoms with E-state index in [0.29, 0.717) is 36.2 Å². The van der Waals surface area contributed by atoms with Crippen molar-refractivity contribution in [2.75, 3.05) is 5.32 Å². The van der Waals surface area contributed by atoms with Gasteiger partial charge in [-0.3, -0.25) is 14.9 Å².